The molecule has 1 aromatic heterocycles. The quantitative estimate of drug-likeness (QED) is 0.634. The molecule has 0 amide bonds. The van der Waals surface area contributed by atoms with Gasteiger partial charge in [0.25, 0.3) is 5.92 Å². The zero-order chi connectivity index (χ0) is 9.38. The van der Waals surface area contributed by atoms with Gasteiger partial charge in [0.15, 0.2) is 0 Å². The molecular weight excluding hydrogens is 198 g/mol. The van der Waals surface area contributed by atoms with E-state index >= 15 is 0 Å². The Bertz CT molecular complexity index is 399. The summed E-state index contributed by atoms with van der Waals surface area (Å²) in [6.07, 6.45) is 0.561. The first kappa shape index (κ1) is 7.74. The maximum absolute atomic E-state index is 13.4. The highest BCUT2D eigenvalue weighted by Gasteiger charge is 2.66. The van der Waals surface area contributed by atoms with Gasteiger partial charge in [0.05, 0.1) is 0 Å². The number of hydrogen-bond acceptors (Lipinski definition) is 1. The Hall–Kier alpha value is -0.640. The second kappa shape index (κ2) is 1.90. The van der Waals surface area contributed by atoms with Crippen LogP contribution in [0.25, 0.3) is 0 Å². The van der Waals surface area contributed by atoms with Crippen LogP contribution in [0.15, 0.2) is 0 Å². The molecule has 0 radical (unpaired) electrons. The molecule has 0 aromatic carbocycles. The summed E-state index contributed by atoms with van der Waals surface area (Å²) < 4.78 is 28.2. The molecule has 0 saturated heterocycles. The van der Waals surface area contributed by atoms with Crippen LogP contribution in [-0.2, 0) is 13.0 Å². The van der Waals surface area contributed by atoms with E-state index in [0.29, 0.717) is 17.1 Å². The Morgan fingerprint density at radius 2 is 2.31 bits per heavy atom. The predicted octanol–water partition coefficient (Wildman–Crippen LogP) is 2.28. The van der Waals surface area contributed by atoms with Crippen molar-refractivity contribution in [1.82, 2.24) is 9.78 Å². The van der Waals surface area contributed by atoms with Crippen LogP contribution in [0, 0.1) is 5.92 Å². The normalized spacial score (nSPS) is 32.9. The topological polar surface area (TPSA) is 17.8 Å². The monoisotopic (exact) mass is 204 g/mol. The van der Waals surface area contributed by atoms with Gasteiger partial charge in [-0.05, 0) is 12.3 Å². The fourth-order valence-electron chi connectivity index (χ4n) is 2.18. The molecule has 0 aliphatic heterocycles. The van der Waals surface area contributed by atoms with E-state index in [1.165, 1.54) is 4.68 Å². The van der Waals surface area contributed by atoms with E-state index in [-0.39, 0.29) is 11.6 Å². The Kier molecular flexibility index (Phi) is 1.13. The Labute approximate surface area is 78.5 Å². The van der Waals surface area contributed by atoms with Crippen molar-refractivity contribution < 1.29 is 8.78 Å². The third-order valence-corrected chi connectivity index (χ3v) is 3.40. The van der Waals surface area contributed by atoms with Crippen molar-refractivity contribution in [2.24, 2.45) is 13.0 Å². The second-order valence-electron chi connectivity index (χ2n) is 3.75. The van der Waals surface area contributed by atoms with E-state index in [9.17, 15) is 8.78 Å². The van der Waals surface area contributed by atoms with Crippen LogP contribution >= 0.6 is 11.6 Å². The van der Waals surface area contributed by atoms with E-state index in [1.54, 1.807) is 7.05 Å². The van der Waals surface area contributed by atoms with Crippen molar-refractivity contribution in [3.8, 4) is 0 Å². The Balaban J connectivity index is 2.28. The highest BCUT2D eigenvalue weighted by molar-refractivity contribution is 6.30. The van der Waals surface area contributed by atoms with Gasteiger partial charge in [-0.25, -0.2) is 0 Å². The number of rotatable bonds is 0. The van der Waals surface area contributed by atoms with Crippen molar-refractivity contribution >= 4 is 11.6 Å². The van der Waals surface area contributed by atoms with Crippen molar-refractivity contribution in [2.75, 3.05) is 0 Å². The summed E-state index contributed by atoms with van der Waals surface area (Å²) in [6.45, 7) is 0. The van der Waals surface area contributed by atoms with Gasteiger partial charge in [0, 0.05) is 18.5 Å². The second-order valence-corrected chi connectivity index (χ2v) is 4.11. The minimum Gasteiger partial charge on any atom is -0.256 e. The van der Waals surface area contributed by atoms with Gasteiger partial charge >= 0.3 is 0 Å². The molecule has 2 nitrogen and oxygen atoms in total. The fourth-order valence-corrected chi connectivity index (χ4v) is 2.45. The highest BCUT2D eigenvalue weighted by Crippen LogP contribution is 2.67. The summed E-state index contributed by atoms with van der Waals surface area (Å²) in [5.74, 6) is -3.31. The first-order chi connectivity index (χ1) is 6.03. The molecular formula is C8H7ClF2N2. The van der Waals surface area contributed by atoms with Crippen LogP contribution in [0.3, 0.4) is 0 Å². The average molecular weight is 205 g/mol. The number of alkyl halides is 2. The predicted molar refractivity (Wildman–Crippen MR) is 43.0 cm³/mol. The maximum Gasteiger partial charge on any atom is 0.295 e. The van der Waals surface area contributed by atoms with E-state index in [4.69, 9.17) is 11.6 Å². The first-order valence-corrected chi connectivity index (χ1v) is 4.52. The number of aryl methyl sites for hydroxylation is 1. The lowest BCUT2D eigenvalue weighted by Crippen LogP contribution is -2.14. The molecule has 0 spiro atoms. The molecule has 3 rings (SSSR count). The molecule has 1 fully saturated rings. The smallest absolute Gasteiger partial charge is 0.256 e. The van der Waals surface area contributed by atoms with Gasteiger partial charge in [-0.3, -0.25) is 4.68 Å². The molecule has 70 valence electrons. The Morgan fingerprint density at radius 3 is 2.92 bits per heavy atom. The van der Waals surface area contributed by atoms with Crippen molar-refractivity contribution in [2.45, 2.75) is 18.3 Å². The third kappa shape index (κ3) is 0.713. The van der Waals surface area contributed by atoms with Crippen LogP contribution in [-0.4, -0.2) is 9.78 Å². The first-order valence-electron chi connectivity index (χ1n) is 4.14. The number of fused-ring (bicyclic) bond motifs is 3. The number of halogens is 3. The molecule has 1 saturated carbocycles. The highest BCUT2D eigenvalue weighted by atomic mass is 35.5. The SMILES string of the molecule is Cn1nc2c(c1Cl)[C@H]1CC1C2(F)F. The number of nitrogens with zero attached hydrogens (tertiary/aromatic N) is 2. The van der Waals surface area contributed by atoms with E-state index in [1.807, 2.05) is 0 Å². The maximum atomic E-state index is 13.4. The standard InChI is InChI=1S/C8H7ClF2N2/c1-13-7(9)5-3-2-4(3)8(10,11)6(5)12-13/h3-4H,2H2,1H3/t3-,4?/m0/s1. The van der Waals surface area contributed by atoms with Crippen LogP contribution in [0.2, 0.25) is 5.15 Å². The zero-order valence-electron chi connectivity index (χ0n) is 6.89. The molecule has 2 aliphatic carbocycles. The number of hydrogen-bond donors (Lipinski definition) is 0. The molecule has 1 unspecified atom stereocenters. The van der Waals surface area contributed by atoms with Gasteiger partial charge in [-0.1, -0.05) is 11.6 Å². The van der Waals surface area contributed by atoms with Crippen molar-refractivity contribution in [1.29, 1.82) is 0 Å². The van der Waals surface area contributed by atoms with Gasteiger partial charge in [0.1, 0.15) is 10.8 Å². The van der Waals surface area contributed by atoms with Gasteiger partial charge in [-0.2, -0.15) is 13.9 Å². The largest absolute Gasteiger partial charge is 0.295 e. The molecule has 0 N–H and O–H groups in total. The van der Waals surface area contributed by atoms with Crippen LogP contribution in [0.4, 0.5) is 8.78 Å². The van der Waals surface area contributed by atoms with Crippen LogP contribution < -0.4 is 0 Å². The fraction of sp³-hybridized carbons (Fsp3) is 0.625. The van der Waals surface area contributed by atoms with E-state index in [0.717, 1.165) is 0 Å². The van der Waals surface area contributed by atoms with Crippen molar-refractivity contribution in [3.05, 3.63) is 16.4 Å². The summed E-state index contributed by atoms with van der Waals surface area (Å²) in [7, 11) is 1.59. The van der Waals surface area contributed by atoms with E-state index < -0.39 is 11.8 Å². The average Bonchev–Trinajstić information content (AvgIpc) is 2.73. The Morgan fingerprint density at radius 1 is 1.62 bits per heavy atom. The lowest BCUT2D eigenvalue weighted by Gasteiger charge is -2.08. The minimum atomic E-state index is -2.75. The minimum absolute atomic E-state index is 0.0359. The van der Waals surface area contributed by atoms with E-state index in [2.05, 4.69) is 5.10 Å². The lowest BCUT2D eigenvalue weighted by molar-refractivity contribution is -0.0273. The summed E-state index contributed by atoms with van der Waals surface area (Å²) in [5, 5.41) is 4.13. The third-order valence-electron chi connectivity index (χ3n) is 2.95. The zero-order valence-corrected chi connectivity index (χ0v) is 7.65. The molecule has 0 bridgehead atoms. The molecule has 5 heteroatoms. The molecule has 1 aromatic rings. The lowest BCUT2D eigenvalue weighted by atomic mass is 10.2. The molecule has 13 heavy (non-hydrogen) atoms. The van der Waals surface area contributed by atoms with Crippen LogP contribution in [0.5, 0.6) is 0 Å². The summed E-state index contributed by atoms with van der Waals surface area (Å²) in [5.41, 5.74) is 0.486. The van der Waals surface area contributed by atoms with Gasteiger partial charge in [-0.15, -0.1) is 0 Å². The molecule has 1 heterocycles. The summed E-state index contributed by atoms with van der Waals surface area (Å²) in [4.78, 5) is 0. The molecule has 2 atom stereocenters. The molecule has 2 aliphatic rings. The summed E-state index contributed by atoms with van der Waals surface area (Å²) >= 11 is 5.87. The van der Waals surface area contributed by atoms with Crippen molar-refractivity contribution in [3.63, 3.8) is 0 Å². The van der Waals surface area contributed by atoms with Gasteiger partial charge in [0.2, 0.25) is 0 Å². The van der Waals surface area contributed by atoms with Crippen LogP contribution in [0.1, 0.15) is 23.6 Å². The number of aromatic nitrogens is 2. The van der Waals surface area contributed by atoms with Gasteiger partial charge < -0.3 is 0 Å². The summed E-state index contributed by atoms with van der Waals surface area (Å²) in [6, 6.07) is 0.